The number of carbonyl (C=O) groups excluding carboxylic acids is 1. The topological polar surface area (TPSA) is 70.7 Å². The van der Waals surface area contributed by atoms with Gasteiger partial charge in [-0.15, -0.1) is 0 Å². The molecule has 33 heavy (non-hydrogen) atoms. The summed E-state index contributed by atoms with van der Waals surface area (Å²) < 4.78 is 7.77. The number of amidine groups is 2. The minimum atomic E-state index is -0.411. The van der Waals surface area contributed by atoms with Crippen LogP contribution in [-0.4, -0.2) is 33.0 Å². The van der Waals surface area contributed by atoms with Gasteiger partial charge in [0.2, 0.25) is 0 Å². The Kier molecular flexibility index (Phi) is 5.90. The van der Waals surface area contributed by atoms with Crippen molar-refractivity contribution in [3.8, 4) is 5.75 Å². The molecular formula is C25H19ClN4O2S. The van der Waals surface area contributed by atoms with Gasteiger partial charge in [-0.3, -0.25) is 15.1 Å². The molecule has 0 saturated carbocycles. The molecule has 164 valence electrons. The highest BCUT2D eigenvalue weighted by molar-refractivity contribution is 8.17. The predicted molar refractivity (Wildman–Crippen MR) is 133 cm³/mol. The lowest BCUT2D eigenvalue weighted by Crippen LogP contribution is -2.38. The van der Waals surface area contributed by atoms with Crippen LogP contribution in [0.1, 0.15) is 11.3 Å². The maximum Gasteiger partial charge on any atom is 0.283 e. The first-order chi connectivity index (χ1) is 16.1. The first-order valence-corrected chi connectivity index (χ1v) is 11.6. The summed E-state index contributed by atoms with van der Waals surface area (Å²) in [5.74, 6) is 0.450. The SMILES string of the molecule is N=C1/C(=C/c2cccn2CCOc2ccc(Cl)cc2)C(=O)N=C2SC=C(c3ccccc3)N12. The Hall–Kier alpha value is -3.55. The predicted octanol–water partition coefficient (Wildman–Crippen LogP) is 5.52. The Morgan fingerprint density at radius 2 is 1.85 bits per heavy atom. The van der Waals surface area contributed by atoms with E-state index in [1.807, 2.05) is 70.8 Å². The highest BCUT2D eigenvalue weighted by atomic mass is 35.5. The summed E-state index contributed by atoms with van der Waals surface area (Å²) in [6, 6.07) is 20.8. The third kappa shape index (κ3) is 4.37. The van der Waals surface area contributed by atoms with E-state index in [0.717, 1.165) is 22.7 Å². The van der Waals surface area contributed by atoms with Crippen molar-refractivity contribution >= 4 is 52.0 Å². The van der Waals surface area contributed by atoms with Gasteiger partial charge in [-0.25, -0.2) is 0 Å². The van der Waals surface area contributed by atoms with Gasteiger partial charge >= 0.3 is 0 Å². The largest absolute Gasteiger partial charge is 0.492 e. The summed E-state index contributed by atoms with van der Waals surface area (Å²) in [7, 11) is 0. The molecule has 8 heteroatoms. The van der Waals surface area contributed by atoms with Gasteiger partial charge in [0.05, 0.1) is 17.8 Å². The Morgan fingerprint density at radius 1 is 1.06 bits per heavy atom. The lowest BCUT2D eigenvalue weighted by molar-refractivity contribution is -0.114. The monoisotopic (exact) mass is 474 g/mol. The molecule has 0 unspecified atom stereocenters. The average Bonchev–Trinajstić information content (AvgIpc) is 3.45. The molecule has 3 heterocycles. The van der Waals surface area contributed by atoms with E-state index in [0.29, 0.717) is 23.3 Å². The Bertz CT molecular complexity index is 1310. The number of benzene rings is 2. The third-order valence-corrected chi connectivity index (χ3v) is 6.33. The van der Waals surface area contributed by atoms with Crippen LogP contribution in [0.2, 0.25) is 5.02 Å². The van der Waals surface area contributed by atoms with Gasteiger partial charge in [-0.1, -0.05) is 53.7 Å². The van der Waals surface area contributed by atoms with Crippen molar-refractivity contribution in [2.45, 2.75) is 6.54 Å². The molecule has 1 N–H and O–H groups in total. The minimum Gasteiger partial charge on any atom is -0.492 e. The molecule has 0 bridgehead atoms. The van der Waals surface area contributed by atoms with E-state index in [4.69, 9.17) is 21.7 Å². The molecule has 2 aliphatic heterocycles. The van der Waals surface area contributed by atoms with Crippen LogP contribution in [0, 0.1) is 5.41 Å². The molecule has 0 fully saturated rings. The lowest BCUT2D eigenvalue weighted by Gasteiger charge is -2.27. The fraction of sp³-hybridized carbons (Fsp3) is 0.0800. The van der Waals surface area contributed by atoms with Gasteiger partial charge in [0.15, 0.2) is 5.17 Å². The number of fused-ring (bicyclic) bond motifs is 1. The number of nitrogens with one attached hydrogen (secondary N) is 1. The molecule has 3 aromatic rings. The van der Waals surface area contributed by atoms with E-state index >= 15 is 0 Å². The summed E-state index contributed by atoms with van der Waals surface area (Å²) in [4.78, 5) is 18.7. The molecule has 0 spiro atoms. The number of hydrogen-bond donors (Lipinski definition) is 1. The fourth-order valence-corrected chi connectivity index (χ4v) is 4.63. The number of carbonyl (C=O) groups is 1. The summed E-state index contributed by atoms with van der Waals surface area (Å²) >= 11 is 7.27. The molecule has 5 rings (SSSR count). The van der Waals surface area contributed by atoms with Crippen LogP contribution < -0.4 is 4.74 Å². The van der Waals surface area contributed by atoms with Crippen LogP contribution in [0.3, 0.4) is 0 Å². The number of amides is 1. The number of ether oxygens (including phenoxy) is 1. The summed E-state index contributed by atoms with van der Waals surface area (Å²) in [6.07, 6.45) is 3.64. The summed E-state index contributed by atoms with van der Waals surface area (Å²) in [5, 5.41) is 11.9. The van der Waals surface area contributed by atoms with Gasteiger partial charge in [-0.05, 0) is 48.0 Å². The molecule has 0 atom stereocenters. The summed E-state index contributed by atoms with van der Waals surface area (Å²) in [6.45, 7) is 1.03. The van der Waals surface area contributed by atoms with Gasteiger partial charge in [0.25, 0.3) is 5.91 Å². The van der Waals surface area contributed by atoms with Crippen molar-refractivity contribution < 1.29 is 9.53 Å². The maximum atomic E-state index is 12.8. The van der Waals surface area contributed by atoms with Crippen LogP contribution in [0.5, 0.6) is 5.75 Å². The number of halogens is 1. The van der Waals surface area contributed by atoms with E-state index in [1.165, 1.54) is 11.8 Å². The van der Waals surface area contributed by atoms with Crippen molar-refractivity contribution in [2.24, 2.45) is 4.99 Å². The molecule has 1 amide bonds. The normalized spacial score (nSPS) is 16.6. The zero-order chi connectivity index (χ0) is 22.8. The Labute approximate surface area is 200 Å². The highest BCUT2D eigenvalue weighted by Crippen LogP contribution is 2.37. The van der Waals surface area contributed by atoms with Crippen LogP contribution in [-0.2, 0) is 11.3 Å². The second-order valence-corrected chi connectivity index (χ2v) is 8.63. The second-order valence-electron chi connectivity index (χ2n) is 7.36. The van der Waals surface area contributed by atoms with E-state index in [-0.39, 0.29) is 11.4 Å². The molecule has 1 aromatic heterocycles. The lowest BCUT2D eigenvalue weighted by atomic mass is 10.1. The highest BCUT2D eigenvalue weighted by Gasteiger charge is 2.36. The van der Waals surface area contributed by atoms with Gasteiger partial charge in [0, 0.05) is 22.3 Å². The van der Waals surface area contributed by atoms with Gasteiger partial charge in [-0.2, -0.15) is 4.99 Å². The number of hydrogen-bond acceptors (Lipinski definition) is 4. The molecular weight excluding hydrogens is 456 g/mol. The quantitative estimate of drug-likeness (QED) is 0.477. The first-order valence-electron chi connectivity index (χ1n) is 10.3. The Morgan fingerprint density at radius 3 is 2.64 bits per heavy atom. The van der Waals surface area contributed by atoms with E-state index in [9.17, 15) is 4.79 Å². The van der Waals surface area contributed by atoms with Crippen LogP contribution in [0.4, 0.5) is 0 Å². The molecule has 0 radical (unpaired) electrons. The average molecular weight is 475 g/mol. The number of aliphatic imine (C=N–C) groups is 1. The van der Waals surface area contributed by atoms with Crippen molar-refractivity contribution in [1.82, 2.24) is 9.47 Å². The second kappa shape index (κ2) is 9.13. The zero-order valence-corrected chi connectivity index (χ0v) is 19.0. The van der Waals surface area contributed by atoms with Crippen LogP contribution in [0.15, 0.2) is 88.9 Å². The smallest absolute Gasteiger partial charge is 0.283 e. The van der Waals surface area contributed by atoms with E-state index in [2.05, 4.69) is 4.99 Å². The van der Waals surface area contributed by atoms with Crippen LogP contribution >= 0.6 is 23.4 Å². The van der Waals surface area contributed by atoms with Crippen LogP contribution in [0.25, 0.3) is 11.8 Å². The Balaban J connectivity index is 1.35. The first kappa shape index (κ1) is 21.3. The molecule has 0 aliphatic carbocycles. The number of rotatable bonds is 6. The van der Waals surface area contributed by atoms with Crippen molar-refractivity contribution in [3.63, 3.8) is 0 Å². The zero-order valence-electron chi connectivity index (χ0n) is 17.4. The van der Waals surface area contributed by atoms with Gasteiger partial charge < -0.3 is 9.30 Å². The van der Waals surface area contributed by atoms with E-state index in [1.54, 1.807) is 23.1 Å². The standard InChI is InChI=1S/C25H19ClN4O2S/c26-18-8-10-20(11-9-18)32-14-13-29-12-4-7-19(29)15-21-23(27)30-22(17-5-2-1-3-6-17)16-33-25(30)28-24(21)31/h1-12,15-16,27H,13-14H2/b21-15-,27-23?. The third-order valence-electron chi connectivity index (χ3n) is 5.26. The molecule has 2 aromatic carbocycles. The molecule has 0 saturated heterocycles. The number of aromatic nitrogens is 1. The molecule has 6 nitrogen and oxygen atoms in total. The van der Waals surface area contributed by atoms with Crippen molar-refractivity contribution in [3.05, 3.63) is 100 Å². The fourth-order valence-electron chi connectivity index (χ4n) is 3.62. The minimum absolute atomic E-state index is 0.121. The van der Waals surface area contributed by atoms with Crippen molar-refractivity contribution in [1.29, 1.82) is 5.41 Å². The molecule has 2 aliphatic rings. The van der Waals surface area contributed by atoms with Crippen molar-refractivity contribution in [2.75, 3.05) is 6.61 Å². The van der Waals surface area contributed by atoms with Gasteiger partial charge in [0.1, 0.15) is 18.2 Å². The number of thioether (sulfide) groups is 1. The maximum absolute atomic E-state index is 12.8. The summed E-state index contributed by atoms with van der Waals surface area (Å²) in [5.41, 5.74) is 2.87. The number of nitrogens with zero attached hydrogens (tertiary/aromatic N) is 3. The van der Waals surface area contributed by atoms with E-state index < -0.39 is 5.91 Å².